The Balaban J connectivity index is 2.37. The van der Waals surface area contributed by atoms with E-state index in [-0.39, 0.29) is 4.90 Å². The Labute approximate surface area is 115 Å². The third-order valence-corrected chi connectivity index (χ3v) is 4.37. The van der Waals surface area contributed by atoms with Crippen molar-refractivity contribution in [1.82, 2.24) is 0 Å². The van der Waals surface area contributed by atoms with E-state index in [1.165, 1.54) is 0 Å². The summed E-state index contributed by atoms with van der Waals surface area (Å²) in [5, 5.41) is 0. The monoisotopic (exact) mass is 325 g/mol. The molecule has 2 rings (SSSR count). The van der Waals surface area contributed by atoms with Gasteiger partial charge in [-0.25, -0.2) is 8.42 Å². The van der Waals surface area contributed by atoms with Gasteiger partial charge in [0.15, 0.2) is 0 Å². The van der Waals surface area contributed by atoms with Crippen molar-refractivity contribution in [2.24, 2.45) is 0 Å². The summed E-state index contributed by atoms with van der Waals surface area (Å²) in [6.07, 6.45) is 0. The molecule has 18 heavy (non-hydrogen) atoms. The maximum atomic E-state index is 12.1. The zero-order valence-electron chi connectivity index (χ0n) is 9.72. The van der Waals surface area contributed by atoms with Crippen LogP contribution in [-0.2, 0) is 10.0 Å². The Morgan fingerprint density at radius 1 is 1.06 bits per heavy atom. The van der Waals surface area contributed by atoms with Crippen molar-refractivity contribution in [2.75, 3.05) is 4.72 Å². The van der Waals surface area contributed by atoms with Crippen LogP contribution in [0.5, 0.6) is 0 Å². The molecule has 0 aliphatic rings. The highest BCUT2D eigenvalue weighted by Crippen LogP contribution is 2.23. The SMILES string of the molecule is Cc1ccc(Br)cc1NS(=O)(=O)c1ccccc1. The van der Waals surface area contributed by atoms with Crippen molar-refractivity contribution >= 4 is 31.6 Å². The van der Waals surface area contributed by atoms with Crippen molar-refractivity contribution in [3.05, 3.63) is 58.6 Å². The Morgan fingerprint density at radius 3 is 2.39 bits per heavy atom. The number of hydrogen-bond donors (Lipinski definition) is 1. The van der Waals surface area contributed by atoms with E-state index in [1.54, 1.807) is 36.4 Å². The quantitative estimate of drug-likeness (QED) is 0.937. The molecule has 0 bridgehead atoms. The first-order valence-electron chi connectivity index (χ1n) is 5.33. The Bertz CT molecular complexity index is 654. The first-order chi connectivity index (χ1) is 8.49. The normalized spacial score (nSPS) is 11.2. The number of anilines is 1. The summed E-state index contributed by atoms with van der Waals surface area (Å²) in [4.78, 5) is 0.254. The molecule has 0 aliphatic carbocycles. The molecule has 5 heteroatoms. The fourth-order valence-electron chi connectivity index (χ4n) is 1.51. The van der Waals surface area contributed by atoms with Gasteiger partial charge in [-0.15, -0.1) is 0 Å². The predicted molar refractivity (Wildman–Crippen MR) is 76.1 cm³/mol. The van der Waals surface area contributed by atoms with E-state index in [0.29, 0.717) is 5.69 Å². The molecule has 0 amide bonds. The second-order valence-corrected chi connectivity index (χ2v) is 6.48. The summed E-state index contributed by atoms with van der Waals surface area (Å²) in [5.74, 6) is 0. The molecule has 0 spiro atoms. The number of nitrogens with one attached hydrogen (secondary N) is 1. The highest BCUT2D eigenvalue weighted by molar-refractivity contribution is 9.10. The van der Waals surface area contributed by atoms with Crippen LogP contribution in [-0.4, -0.2) is 8.42 Å². The van der Waals surface area contributed by atoms with Crippen LogP contribution >= 0.6 is 15.9 Å². The number of sulfonamides is 1. The molecular weight excluding hydrogens is 314 g/mol. The molecule has 0 saturated carbocycles. The summed E-state index contributed by atoms with van der Waals surface area (Å²) in [6.45, 7) is 1.86. The van der Waals surface area contributed by atoms with Gasteiger partial charge >= 0.3 is 0 Å². The van der Waals surface area contributed by atoms with E-state index in [1.807, 2.05) is 19.1 Å². The summed E-state index contributed by atoms with van der Waals surface area (Å²) in [5.41, 5.74) is 1.45. The molecule has 0 aromatic heterocycles. The van der Waals surface area contributed by atoms with Crippen molar-refractivity contribution in [2.45, 2.75) is 11.8 Å². The molecule has 94 valence electrons. The minimum Gasteiger partial charge on any atom is -0.279 e. The largest absolute Gasteiger partial charge is 0.279 e. The summed E-state index contributed by atoms with van der Waals surface area (Å²) in [6, 6.07) is 13.8. The van der Waals surface area contributed by atoms with Gasteiger partial charge in [-0.2, -0.15) is 0 Å². The average Bonchev–Trinajstić information content (AvgIpc) is 2.35. The first kappa shape index (κ1) is 13.1. The Morgan fingerprint density at radius 2 is 1.72 bits per heavy atom. The molecule has 0 heterocycles. The van der Waals surface area contributed by atoms with Crippen LogP contribution in [0.2, 0.25) is 0 Å². The molecule has 0 radical (unpaired) electrons. The van der Waals surface area contributed by atoms with E-state index in [4.69, 9.17) is 0 Å². The van der Waals surface area contributed by atoms with Gasteiger partial charge < -0.3 is 0 Å². The van der Waals surface area contributed by atoms with E-state index >= 15 is 0 Å². The summed E-state index contributed by atoms with van der Waals surface area (Å²) in [7, 11) is -3.52. The maximum absolute atomic E-state index is 12.1. The number of hydrogen-bond acceptors (Lipinski definition) is 2. The molecule has 2 aromatic rings. The van der Waals surface area contributed by atoms with E-state index < -0.39 is 10.0 Å². The lowest BCUT2D eigenvalue weighted by Crippen LogP contribution is -2.13. The molecule has 0 fully saturated rings. The standard InChI is InChI=1S/C13H12BrNO2S/c1-10-7-8-11(14)9-13(10)15-18(16,17)12-5-3-2-4-6-12/h2-9,15H,1H3. The molecule has 0 aliphatic heterocycles. The van der Waals surface area contributed by atoms with Gasteiger partial charge in [0.1, 0.15) is 0 Å². The van der Waals surface area contributed by atoms with Gasteiger partial charge in [-0.1, -0.05) is 40.2 Å². The summed E-state index contributed by atoms with van der Waals surface area (Å²) < 4.78 is 27.7. The zero-order chi connectivity index (χ0) is 13.2. The lowest BCUT2D eigenvalue weighted by Gasteiger charge is -2.10. The number of halogens is 1. The topological polar surface area (TPSA) is 46.2 Å². The lowest BCUT2D eigenvalue weighted by atomic mass is 10.2. The molecule has 0 saturated heterocycles. The summed E-state index contributed by atoms with van der Waals surface area (Å²) >= 11 is 3.33. The van der Waals surface area contributed by atoms with Crippen LogP contribution in [0, 0.1) is 6.92 Å². The second kappa shape index (κ2) is 5.12. The molecule has 3 nitrogen and oxygen atoms in total. The number of benzene rings is 2. The fourth-order valence-corrected chi connectivity index (χ4v) is 3.01. The van der Waals surface area contributed by atoms with Gasteiger partial charge in [-0.3, -0.25) is 4.72 Å². The number of aryl methyl sites for hydroxylation is 1. The number of rotatable bonds is 3. The lowest BCUT2D eigenvalue weighted by molar-refractivity contribution is 0.601. The van der Waals surface area contributed by atoms with Crippen LogP contribution in [0.1, 0.15) is 5.56 Å². The van der Waals surface area contributed by atoms with Gasteiger partial charge in [0.05, 0.1) is 10.6 Å². The zero-order valence-corrected chi connectivity index (χ0v) is 12.1. The van der Waals surface area contributed by atoms with Gasteiger partial charge in [0, 0.05) is 4.47 Å². The predicted octanol–water partition coefficient (Wildman–Crippen LogP) is 3.56. The molecule has 0 atom stereocenters. The highest BCUT2D eigenvalue weighted by atomic mass is 79.9. The maximum Gasteiger partial charge on any atom is 0.261 e. The van der Waals surface area contributed by atoms with Gasteiger partial charge in [0.25, 0.3) is 10.0 Å². The molecule has 2 aromatic carbocycles. The molecule has 0 unspecified atom stereocenters. The first-order valence-corrected chi connectivity index (χ1v) is 7.61. The van der Waals surface area contributed by atoms with Crippen molar-refractivity contribution in [3.8, 4) is 0 Å². The van der Waals surface area contributed by atoms with Crippen LogP contribution in [0.15, 0.2) is 57.9 Å². The Kier molecular flexibility index (Phi) is 3.73. The van der Waals surface area contributed by atoms with Gasteiger partial charge in [0.2, 0.25) is 0 Å². The average molecular weight is 326 g/mol. The minimum absolute atomic E-state index is 0.254. The van der Waals surface area contributed by atoms with Crippen molar-refractivity contribution < 1.29 is 8.42 Å². The van der Waals surface area contributed by atoms with E-state index in [2.05, 4.69) is 20.7 Å². The van der Waals surface area contributed by atoms with Crippen LogP contribution in [0.4, 0.5) is 5.69 Å². The van der Waals surface area contributed by atoms with Crippen molar-refractivity contribution in [1.29, 1.82) is 0 Å². The third kappa shape index (κ3) is 2.91. The minimum atomic E-state index is -3.52. The smallest absolute Gasteiger partial charge is 0.261 e. The van der Waals surface area contributed by atoms with Crippen LogP contribution in [0.25, 0.3) is 0 Å². The highest BCUT2D eigenvalue weighted by Gasteiger charge is 2.14. The molecule has 1 N–H and O–H groups in total. The Hall–Kier alpha value is -1.33. The van der Waals surface area contributed by atoms with Crippen molar-refractivity contribution in [3.63, 3.8) is 0 Å². The van der Waals surface area contributed by atoms with E-state index in [9.17, 15) is 8.42 Å². The molecular formula is C13H12BrNO2S. The van der Waals surface area contributed by atoms with Gasteiger partial charge in [-0.05, 0) is 36.8 Å². The third-order valence-electron chi connectivity index (χ3n) is 2.50. The van der Waals surface area contributed by atoms with Crippen LogP contribution in [0.3, 0.4) is 0 Å². The van der Waals surface area contributed by atoms with Crippen LogP contribution < -0.4 is 4.72 Å². The second-order valence-electron chi connectivity index (χ2n) is 3.88. The fraction of sp³-hybridized carbons (Fsp3) is 0.0769. The van der Waals surface area contributed by atoms with E-state index in [0.717, 1.165) is 10.0 Å².